The summed E-state index contributed by atoms with van der Waals surface area (Å²) in [7, 11) is 0. The van der Waals surface area contributed by atoms with Crippen molar-refractivity contribution in [1.82, 2.24) is 14.3 Å². The number of amides is 2. The minimum atomic E-state index is -4.46. The molecule has 0 spiro atoms. The smallest absolute Gasteiger partial charge is 0.422 e. The largest absolute Gasteiger partial charge is 0.484 e. The van der Waals surface area contributed by atoms with Crippen LogP contribution in [0.3, 0.4) is 0 Å². The second-order valence-corrected chi connectivity index (χ2v) is 9.20. The number of primary amides is 1. The number of carbonyl (C=O) groups is 2. The van der Waals surface area contributed by atoms with Gasteiger partial charge in [0.2, 0.25) is 11.8 Å². The summed E-state index contributed by atoms with van der Waals surface area (Å²) in [6.45, 7) is 0.640. The van der Waals surface area contributed by atoms with Crippen LogP contribution in [0, 0.1) is 5.82 Å². The normalized spacial score (nSPS) is 16.5. The molecule has 13 heteroatoms. The zero-order valence-electron chi connectivity index (χ0n) is 19.5. The van der Waals surface area contributed by atoms with Crippen molar-refractivity contribution in [3.63, 3.8) is 0 Å². The van der Waals surface area contributed by atoms with E-state index in [4.69, 9.17) is 10.5 Å². The van der Waals surface area contributed by atoms with E-state index >= 15 is 0 Å². The third-order valence-corrected chi connectivity index (χ3v) is 6.62. The van der Waals surface area contributed by atoms with Gasteiger partial charge in [-0.15, -0.1) is 0 Å². The van der Waals surface area contributed by atoms with Crippen molar-refractivity contribution in [1.29, 1.82) is 0 Å². The highest BCUT2D eigenvalue weighted by atomic mass is 32.1. The Morgan fingerprint density at radius 1 is 1.24 bits per heavy atom. The van der Waals surface area contributed by atoms with Crippen LogP contribution in [-0.2, 0) is 4.79 Å². The van der Waals surface area contributed by atoms with Gasteiger partial charge in [-0.1, -0.05) is 6.07 Å². The number of halogens is 4. The molecule has 37 heavy (non-hydrogen) atoms. The summed E-state index contributed by atoms with van der Waals surface area (Å²) in [5.41, 5.74) is 6.13. The fourth-order valence-electron chi connectivity index (χ4n) is 3.86. The standard InChI is InChI=1S/C24H22F4N4O4S/c1-13(36-15-5-7-21(30-11-15)35-12-24(26,27)28)20-10-18(31-37-20)14-4-6-16(17(25)9-14)23(34)32-8-2-3-19(32)22(29)33/h4-7,9-11,13,19H,2-3,8,12H2,1H3,(H2,29,33)/t13-,19+/m1/s1. The summed E-state index contributed by atoms with van der Waals surface area (Å²) >= 11 is 1.13. The molecule has 0 bridgehead atoms. The summed E-state index contributed by atoms with van der Waals surface area (Å²) in [5, 5.41) is 0. The van der Waals surface area contributed by atoms with Crippen LogP contribution in [0.2, 0.25) is 0 Å². The number of alkyl halides is 3. The maximum atomic E-state index is 14.9. The highest BCUT2D eigenvalue weighted by Crippen LogP contribution is 2.31. The summed E-state index contributed by atoms with van der Waals surface area (Å²) in [6, 6.07) is 7.81. The van der Waals surface area contributed by atoms with Crippen LogP contribution in [0.4, 0.5) is 17.6 Å². The average molecular weight is 539 g/mol. The maximum absolute atomic E-state index is 14.9. The number of hydrogen-bond acceptors (Lipinski definition) is 7. The number of nitrogens with zero attached hydrogens (tertiary/aromatic N) is 3. The Kier molecular flexibility index (Phi) is 7.62. The molecule has 0 aliphatic carbocycles. The molecule has 2 amide bonds. The van der Waals surface area contributed by atoms with E-state index in [2.05, 4.69) is 14.1 Å². The van der Waals surface area contributed by atoms with Gasteiger partial charge in [0, 0.05) is 18.2 Å². The van der Waals surface area contributed by atoms with Crippen LogP contribution in [0.5, 0.6) is 11.6 Å². The van der Waals surface area contributed by atoms with Crippen LogP contribution in [-0.4, -0.2) is 51.4 Å². The lowest BCUT2D eigenvalue weighted by Gasteiger charge is -2.22. The first-order valence-corrected chi connectivity index (χ1v) is 12.0. The number of carbonyl (C=O) groups excluding carboxylic acids is 2. The highest BCUT2D eigenvalue weighted by Gasteiger charge is 2.34. The zero-order valence-corrected chi connectivity index (χ0v) is 20.3. The maximum Gasteiger partial charge on any atom is 0.422 e. The van der Waals surface area contributed by atoms with Crippen molar-refractivity contribution in [3.05, 3.63) is 58.9 Å². The Morgan fingerprint density at radius 3 is 2.68 bits per heavy atom. The molecule has 8 nitrogen and oxygen atoms in total. The fraction of sp³-hybridized carbons (Fsp3) is 0.333. The Labute approximate surface area is 213 Å². The molecule has 0 saturated carbocycles. The number of aromatic nitrogens is 2. The molecule has 2 aromatic heterocycles. The predicted molar refractivity (Wildman–Crippen MR) is 126 cm³/mol. The van der Waals surface area contributed by atoms with Crippen LogP contribution in [0.15, 0.2) is 42.6 Å². The van der Waals surface area contributed by atoms with E-state index in [9.17, 15) is 27.2 Å². The lowest BCUT2D eigenvalue weighted by molar-refractivity contribution is -0.154. The third-order valence-electron chi connectivity index (χ3n) is 5.67. The van der Waals surface area contributed by atoms with Gasteiger partial charge in [-0.2, -0.15) is 17.5 Å². The van der Waals surface area contributed by atoms with Crippen LogP contribution < -0.4 is 15.2 Å². The number of benzene rings is 1. The number of likely N-dealkylation sites (tertiary alicyclic amines) is 1. The van der Waals surface area contributed by atoms with E-state index in [-0.39, 0.29) is 11.4 Å². The first-order chi connectivity index (χ1) is 17.5. The molecular formula is C24H22F4N4O4S. The van der Waals surface area contributed by atoms with Crippen molar-refractivity contribution in [2.75, 3.05) is 13.2 Å². The predicted octanol–water partition coefficient (Wildman–Crippen LogP) is 4.52. The molecule has 0 unspecified atom stereocenters. The third kappa shape index (κ3) is 6.34. The first kappa shape index (κ1) is 26.3. The first-order valence-electron chi connectivity index (χ1n) is 11.2. The van der Waals surface area contributed by atoms with E-state index in [0.29, 0.717) is 41.3 Å². The molecule has 1 fully saturated rings. The van der Waals surface area contributed by atoms with E-state index < -0.39 is 42.6 Å². The monoisotopic (exact) mass is 538 g/mol. The van der Waals surface area contributed by atoms with Crippen molar-refractivity contribution in [2.45, 2.75) is 38.1 Å². The van der Waals surface area contributed by atoms with Gasteiger partial charge < -0.3 is 20.1 Å². The average Bonchev–Trinajstić information content (AvgIpc) is 3.53. The summed E-state index contributed by atoms with van der Waals surface area (Å²) in [4.78, 5) is 30.2. The number of nitrogens with two attached hydrogens (primary N) is 1. The molecule has 2 atom stereocenters. The second kappa shape index (κ2) is 10.7. The number of pyridine rings is 1. The quantitative estimate of drug-likeness (QED) is 0.423. The Hall–Kier alpha value is -3.74. The topological polar surface area (TPSA) is 108 Å². The molecule has 1 aromatic carbocycles. The van der Waals surface area contributed by atoms with Gasteiger partial charge in [-0.05, 0) is 55.6 Å². The summed E-state index contributed by atoms with van der Waals surface area (Å²) in [5.74, 6) is -1.82. The molecule has 3 aromatic rings. The SMILES string of the molecule is C[C@@H](Oc1ccc(OCC(F)(F)F)nc1)c1cc(-c2ccc(C(=O)N3CCC[C@H]3C(N)=O)c(F)c2)ns1. The highest BCUT2D eigenvalue weighted by molar-refractivity contribution is 7.06. The van der Waals surface area contributed by atoms with Gasteiger partial charge in [-0.25, -0.2) is 9.37 Å². The number of rotatable bonds is 8. The Balaban J connectivity index is 1.41. The number of hydrogen-bond donors (Lipinski definition) is 1. The molecular weight excluding hydrogens is 516 g/mol. The van der Waals surface area contributed by atoms with Gasteiger partial charge in [0.1, 0.15) is 23.7 Å². The number of ether oxygens (including phenoxy) is 2. The molecule has 1 saturated heterocycles. The van der Waals surface area contributed by atoms with Crippen molar-refractivity contribution in [3.8, 4) is 22.9 Å². The molecule has 196 valence electrons. The lowest BCUT2D eigenvalue weighted by atomic mass is 10.1. The minimum Gasteiger partial charge on any atom is -0.484 e. The minimum absolute atomic E-state index is 0.154. The van der Waals surface area contributed by atoms with Gasteiger partial charge in [-0.3, -0.25) is 9.59 Å². The van der Waals surface area contributed by atoms with Crippen LogP contribution in [0.25, 0.3) is 11.3 Å². The van der Waals surface area contributed by atoms with Gasteiger partial charge in [0.25, 0.3) is 5.91 Å². The van der Waals surface area contributed by atoms with Crippen LogP contribution >= 0.6 is 11.5 Å². The molecule has 1 aliphatic heterocycles. The van der Waals surface area contributed by atoms with Crippen molar-refractivity contribution >= 4 is 23.3 Å². The lowest BCUT2D eigenvalue weighted by Crippen LogP contribution is -2.43. The van der Waals surface area contributed by atoms with Crippen molar-refractivity contribution < 1.29 is 36.6 Å². The zero-order chi connectivity index (χ0) is 26.7. The Morgan fingerprint density at radius 2 is 2.03 bits per heavy atom. The van der Waals surface area contributed by atoms with Crippen LogP contribution in [0.1, 0.15) is 41.1 Å². The van der Waals surface area contributed by atoms with E-state index in [1.807, 2.05) is 0 Å². The summed E-state index contributed by atoms with van der Waals surface area (Å²) < 4.78 is 66.3. The van der Waals surface area contributed by atoms with E-state index in [0.717, 1.165) is 11.5 Å². The molecule has 2 N–H and O–H groups in total. The molecule has 1 aliphatic rings. The Bertz CT molecular complexity index is 1280. The summed E-state index contributed by atoms with van der Waals surface area (Å²) in [6.07, 6.45) is -2.63. The van der Waals surface area contributed by atoms with Gasteiger partial charge in [0.05, 0.1) is 22.3 Å². The second-order valence-electron chi connectivity index (χ2n) is 8.36. The van der Waals surface area contributed by atoms with Gasteiger partial charge in [0.15, 0.2) is 6.61 Å². The molecule has 4 rings (SSSR count). The molecule has 0 radical (unpaired) electrons. The fourth-order valence-corrected chi connectivity index (χ4v) is 4.59. The molecule has 3 heterocycles. The van der Waals surface area contributed by atoms with Gasteiger partial charge >= 0.3 is 6.18 Å². The van der Waals surface area contributed by atoms with Crippen molar-refractivity contribution in [2.24, 2.45) is 5.73 Å². The van der Waals surface area contributed by atoms with E-state index in [1.165, 1.54) is 35.4 Å². The van der Waals surface area contributed by atoms with E-state index in [1.54, 1.807) is 19.1 Å².